The van der Waals surface area contributed by atoms with Crippen molar-refractivity contribution in [1.82, 2.24) is 14.5 Å². The minimum absolute atomic E-state index is 0.166. The first kappa shape index (κ1) is 18.6. The van der Waals surface area contributed by atoms with Crippen LogP contribution in [-0.2, 0) is 14.8 Å². The maximum atomic E-state index is 12.2. The van der Waals surface area contributed by atoms with Gasteiger partial charge in [0.1, 0.15) is 0 Å². The van der Waals surface area contributed by atoms with Gasteiger partial charge in [0.25, 0.3) is 0 Å². The maximum Gasteiger partial charge on any atom is 0.248 e. The summed E-state index contributed by atoms with van der Waals surface area (Å²) in [4.78, 5) is 12.4. The third-order valence-electron chi connectivity index (χ3n) is 3.80. The molecule has 0 saturated heterocycles. The van der Waals surface area contributed by atoms with Crippen molar-refractivity contribution in [2.24, 2.45) is 0 Å². The maximum absolute atomic E-state index is 12.2. The molecule has 1 amide bonds. The van der Waals surface area contributed by atoms with Crippen molar-refractivity contribution >= 4 is 27.7 Å². The first-order valence-electron chi connectivity index (χ1n) is 8.11. The Kier molecular flexibility index (Phi) is 5.49. The topological polar surface area (TPSA) is 93.1 Å². The fraction of sp³-hybridized carbons (Fsp3) is 0.0526. The molecule has 2 aromatic carbocycles. The minimum Gasteiger partial charge on any atom is -0.321 e. The van der Waals surface area contributed by atoms with Crippen molar-refractivity contribution in [3.05, 3.63) is 78.6 Å². The molecule has 3 rings (SSSR count). The number of amides is 1. The van der Waals surface area contributed by atoms with Crippen molar-refractivity contribution in [2.45, 2.75) is 4.90 Å². The van der Waals surface area contributed by atoms with E-state index in [1.807, 2.05) is 18.2 Å². The van der Waals surface area contributed by atoms with Crippen LogP contribution in [-0.4, -0.2) is 31.2 Å². The number of sulfonamides is 1. The molecule has 1 aromatic heterocycles. The molecule has 0 saturated carbocycles. The Bertz CT molecular complexity index is 1060. The van der Waals surface area contributed by atoms with Crippen LogP contribution >= 0.6 is 0 Å². The molecule has 7 nitrogen and oxygen atoms in total. The van der Waals surface area contributed by atoms with Crippen LogP contribution in [0.1, 0.15) is 5.56 Å². The van der Waals surface area contributed by atoms with Gasteiger partial charge in [0, 0.05) is 18.5 Å². The standard InChI is InChI=1S/C19H18N4O3S/c1-20-27(25,26)16-10-7-15(8-11-16)9-12-19(24)22-17-5-2-3-6-18(17)23-14-4-13-21-23/h2-14,20H,1H3,(H,22,24)/b12-9+. The summed E-state index contributed by atoms with van der Waals surface area (Å²) in [5.41, 5.74) is 2.10. The zero-order valence-corrected chi connectivity index (χ0v) is 15.3. The van der Waals surface area contributed by atoms with E-state index in [4.69, 9.17) is 0 Å². The Morgan fingerprint density at radius 3 is 2.48 bits per heavy atom. The second-order valence-corrected chi connectivity index (χ2v) is 7.45. The van der Waals surface area contributed by atoms with E-state index in [0.29, 0.717) is 11.3 Å². The first-order valence-corrected chi connectivity index (χ1v) is 9.59. The number of benzene rings is 2. The normalized spacial score (nSPS) is 11.6. The molecule has 3 aromatic rings. The lowest BCUT2D eigenvalue weighted by atomic mass is 10.2. The number of para-hydroxylation sites is 2. The van der Waals surface area contributed by atoms with Crippen molar-refractivity contribution in [1.29, 1.82) is 0 Å². The van der Waals surface area contributed by atoms with Crippen LogP contribution in [0.5, 0.6) is 0 Å². The zero-order chi connectivity index (χ0) is 19.3. The number of hydrogen-bond donors (Lipinski definition) is 2. The lowest BCUT2D eigenvalue weighted by Gasteiger charge is -2.09. The summed E-state index contributed by atoms with van der Waals surface area (Å²) in [7, 11) is -2.12. The van der Waals surface area contributed by atoms with Crippen LogP contribution in [0.15, 0.2) is 78.0 Å². The number of anilines is 1. The average Bonchev–Trinajstić information content (AvgIpc) is 3.22. The van der Waals surface area contributed by atoms with E-state index in [9.17, 15) is 13.2 Å². The van der Waals surface area contributed by atoms with Gasteiger partial charge >= 0.3 is 0 Å². The molecule has 8 heteroatoms. The molecule has 0 unspecified atom stereocenters. The second kappa shape index (κ2) is 7.98. The summed E-state index contributed by atoms with van der Waals surface area (Å²) in [5, 5.41) is 7.00. The molecule has 0 aliphatic heterocycles. The van der Waals surface area contributed by atoms with Gasteiger partial charge < -0.3 is 5.32 Å². The van der Waals surface area contributed by atoms with E-state index in [0.717, 1.165) is 5.69 Å². The molecule has 27 heavy (non-hydrogen) atoms. The van der Waals surface area contributed by atoms with Gasteiger partial charge in [-0.15, -0.1) is 0 Å². The van der Waals surface area contributed by atoms with Gasteiger partial charge in [-0.3, -0.25) is 4.79 Å². The van der Waals surface area contributed by atoms with Gasteiger partial charge in [0.2, 0.25) is 15.9 Å². The number of aromatic nitrogens is 2. The first-order chi connectivity index (χ1) is 13.0. The van der Waals surface area contributed by atoms with Gasteiger partial charge in [-0.1, -0.05) is 24.3 Å². The molecule has 0 radical (unpaired) electrons. The fourth-order valence-corrected chi connectivity index (χ4v) is 3.14. The molecule has 0 spiro atoms. The van der Waals surface area contributed by atoms with E-state index in [1.54, 1.807) is 47.4 Å². The third kappa shape index (κ3) is 4.49. The highest BCUT2D eigenvalue weighted by Gasteiger charge is 2.10. The van der Waals surface area contributed by atoms with E-state index in [2.05, 4.69) is 15.1 Å². The largest absolute Gasteiger partial charge is 0.321 e. The van der Waals surface area contributed by atoms with E-state index in [-0.39, 0.29) is 10.8 Å². The molecule has 1 heterocycles. The average molecular weight is 382 g/mol. The number of rotatable bonds is 6. The van der Waals surface area contributed by atoms with Crippen molar-refractivity contribution in [2.75, 3.05) is 12.4 Å². The molecule has 0 aliphatic carbocycles. The minimum atomic E-state index is -3.47. The van der Waals surface area contributed by atoms with Crippen LogP contribution in [0.25, 0.3) is 11.8 Å². The van der Waals surface area contributed by atoms with Gasteiger partial charge in [-0.2, -0.15) is 5.10 Å². The number of nitrogens with one attached hydrogen (secondary N) is 2. The monoisotopic (exact) mass is 382 g/mol. The van der Waals surface area contributed by atoms with Gasteiger partial charge in [0.15, 0.2) is 0 Å². The van der Waals surface area contributed by atoms with Crippen LogP contribution in [0.4, 0.5) is 5.69 Å². The lowest BCUT2D eigenvalue weighted by molar-refractivity contribution is -0.111. The van der Waals surface area contributed by atoms with Crippen LogP contribution in [0.2, 0.25) is 0 Å². The van der Waals surface area contributed by atoms with Crippen LogP contribution in [0, 0.1) is 0 Å². The van der Waals surface area contributed by atoms with Crippen molar-refractivity contribution < 1.29 is 13.2 Å². The number of hydrogen-bond acceptors (Lipinski definition) is 4. The van der Waals surface area contributed by atoms with Gasteiger partial charge in [-0.25, -0.2) is 17.8 Å². The van der Waals surface area contributed by atoms with E-state index < -0.39 is 10.0 Å². The second-order valence-electron chi connectivity index (χ2n) is 5.57. The third-order valence-corrected chi connectivity index (χ3v) is 5.23. The summed E-state index contributed by atoms with van der Waals surface area (Å²) in [6.07, 6.45) is 6.46. The molecular formula is C19H18N4O3S. The van der Waals surface area contributed by atoms with Gasteiger partial charge in [-0.05, 0) is 49.0 Å². The molecule has 138 valence electrons. The quantitative estimate of drug-likeness (QED) is 0.641. The van der Waals surface area contributed by atoms with Crippen molar-refractivity contribution in [3.63, 3.8) is 0 Å². The Morgan fingerprint density at radius 1 is 1.07 bits per heavy atom. The smallest absolute Gasteiger partial charge is 0.248 e. The predicted octanol–water partition coefficient (Wildman–Crippen LogP) is 2.43. The Hall–Kier alpha value is -3.23. The zero-order valence-electron chi connectivity index (χ0n) is 14.5. The molecule has 2 N–H and O–H groups in total. The molecule has 0 aliphatic rings. The summed E-state index contributed by atoms with van der Waals surface area (Å²) in [5.74, 6) is -0.304. The Labute approximate surface area is 157 Å². The number of nitrogens with zero attached hydrogens (tertiary/aromatic N) is 2. The molecule has 0 bridgehead atoms. The van der Waals surface area contributed by atoms with E-state index in [1.165, 1.54) is 25.3 Å². The molecule has 0 atom stereocenters. The predicted molar refractivity (Wildman–Crippen MR) is 104 cm³/mol. The summed E-state index contributed by atoms with van der Waals surface area (Å²) in [6.45, 7) is 0. The van der Waals surface area contributed by atoms with Gasteiger partial charge in [0.05, 0.1) is 16.3 Å². The number of carbonyl (C=O) groups is 1. The van der Waals surface area contributed by atoms with Crippen molar-refractivity contribution in [3.8, 4) is 5.69 Å². The Morgan fingerprint density at radius 2 is 1.81 bits per heavy atom. The molecular weight excluding hydrogens is 364 g/mol. The van der Waals surface area contributed by atoms with Crippen LogP contribution < -0.4 is 10.0 Å². The fourth-order valence-electron chi connectivity index (χ4n) is 2.41. The lowest BCUT2D eigenvalue weighted by Crippen LogP contribution is -2.18. The highest BCUT2D eigenvalue weighted by Crippen LogP contribution is 2.19. The SMILES string of the molecule is CNS(=O)(=O)c1ccc(/C=C/C(=O)Nc2ccccc2-n2cccn2)cc1. The summed E-state index contributed by atoms with van der Waals surface area (Å²) >= 11 is 0. The van der Waals surface area contributed by atoms with Crippen LogP contribution in [0.3, 0.4) is 0 Å². The molecule has 0 fully saturated rings. The number of carbonyl (C=O) groups excluding carboxylic acids is 1. The van der Waals surface area contributed by atoms with E-state index >= 15 is 0 Å². The summed E-state index contributed by atoms with van der Waals surface area (Å²) in [6, 6.07) is 15.4. The summed E-state index contributed by atoms with van der Waals surface area (Å²) < 4.78 is 27.3. The highest BCUT2D eigenvalue weighted by atomic mass is 32.2. The highest BCUT2D eigenvalue weighted by molar-refractivity contribution is 7.89. The Balaban J connectivity index is 1.72.